The molecule has 0 saturated heterocycles. The van der Waals surface area contributed by atoms with E-state index < -0.39 is 0 Å². The van der Waals surface area contributed by atoms with E-state index in [0.29, 0.717) is 15.9 Å². The second-order valence-corrected chi connectivity index (χ2v) is 7.63. The molecule has 0 unspecified atom stereocenters. The van der Waals surface area contributed by atoms with Gasteiger partial charge in [-0.3, -0.25) is 4.79 Å². The largest absolute Gasteiger partial charge is 0.302 e. The first kappa shape index (κ1) is 14.5. The summed E-state index contributed by atoms with van der Waals surface area (Å²) in [5.41, 5.74) is 3.27. The first-order valence-electron chi connectivity index (χ1n) is 6.44. The lowest BCUT2D eigenvalue weighted by Gasteiger charge is -1.98. The number of hydrogen-bond acceptors (Lipinski definition) is 4. The molecule has 0 fully saturated rings. The van der Waals surface area contributed by atoms with Gasteiger partial charge in [-0.05, 0) is 37.1 Å². The number of aromatic nitrogens is 1. The first-order valence-corrected chi connectivity index (χ1v) is 8.45. The number of halogens is 1. The number of thiophene rings is 1. The lowest BCUT2D eigenvalue weighted by Crippen LogP contribution is -2.13. The molecule has 3 nitrogen and oxygen atoms in total. The highest BCUT2D eigenvalue weighted by Crippen LogP contribution is 2.31. The van der Waals surface area contributed by atoms with E-state index in [9.17, 15) is 4.79 Å². The summed E-state index contributed by atoms with van der Waals surface area (Å²) in [7, 11) is 0. The Kier molecular flexibility index (Phi) is 3.97. The third-order valence-corrected chi connectivity index (χ3v) is 5.49. The van der Waals surface area contributed by atoms with E-state index in [1.807, 2.05) is 13.0 Å². The van der Waals surface area contributed by atoms with Crippen molar-refractivity contribution in [3.05, 3.63) is 44.6 Å². The van der Waals surface area contributed by atoms with E-state index in [2.05, 4.69) is 29.4 Å². The fraction of sp³-hybridized carbons (Fsp3) is 0.200. The summed E-state index contributed by atoms with van der Waals surface area (Å²) in [5, 5.41) is 3.52. The Labute approximate surface area is 135 Å². The molecule has 0 aliphatic carbocycles. The van der Waals surface area contributed by atoms with Crippen LogP contribution in [0.1, 0.15) is 16.0 Å². The lowest BCUT2D eigenvalue weighted by molar-refractivity contribution is -0.115. The van der Waals surface area contributed by atoms with E-state index in [1.165, 1.54) is 28.2 Å². The highest BCUT2D eigenvalue weighted by Gasteiger charge is 2.12. The van der Waals surface area contributed by atoms with Crippen LogP contribution in [0.15, 0.2) is 24.3 Å². The molecule has 2 heterocycles. The van der Waals surface area contributed by atoms with E-state index in [0.717, 1.165) is 20.7 Å². The topological polar surface area (TPSA) is 42.0 Å². The Morgan fingerprint density at radius 2 is 1.95 bits per heavy atom. The van der Waals surface area contributed by atoms with Crippen molar-refractivity contribution in [2.24, 2.45) is 0 Å². The van der Waals surface area contributed by atoms with Crippen molar-refractivity contribution in [1.82, 2.24) is 4.98 Å². The molecule has 0 saturated carbocycles. The zero-order chi connectivity index (χ0) is 15.0. The van der Waals surface area contributed by atoms with E-state index in [-0.39, 0.29) is 5.91 Å². The number of fused-ring (bicyclic) bond motifs is 1. The standard InChI is InChI=1S/C15H13ClN2OS2/c1-8-3-4-9(2)14-13(8)18-15(21-14)17-12(19)7-10-5-6-11(16)20-10/h3-6H,7H2,1-2H3,(H,17,18,19). The van der Waals surface area contributed by atoms with Crippen LogP contribution in [0.2, 0.25) is 4.34 Å². The molecule has 2 aromatic heterocycles. The quantitative estimate of drug-likeness (QED) is 0.745. The van der Waals surface area contributed by atoms with Crippen LogP contribution in [-0.4, -0.2) is 10.9 Å². The van der Waals surface area contributed by atoms with Gasteiger partial charge < -0.3 is 5.32 Å². The monoisotopic (exact) mass is 336 g/mol. The summed E-state index contributed by atoms with van der Waals surface area (Å²) < 4.78 is 1.83. The van der Waals surface area contributed by atoms with Crippen molar-refractivity contribution in [3.8, 4) is 0 Å². The number of benzene rings is 1. The van der Waals surface area contributed by atoms with Crippen LogP contribution in [-0.2, 0) is 11.2 Å². The van der Waals surface area contributed by atoms with Crippen molar-refractivity contribution >= 4 is 55.5 Å². The van der Waals surface area contributed by atoms with Gasteiger partial charge in [0.15, 0.2) is 5.13 Å². The Balaban J connectivity index is 1.80. The maximum absolute atomic E-state index is 12.1. The minimum atomic E-state index is -0.0668. The molecule has 0 atom stereocenters. The molecule has 3 aromatic rings. The minimum absolute atomic E-state index is 0.0668. The van der Waals surface area contributed by atoms with Crippen molar-refractivity contribution < 1.29 is 4.79 Å². The van der Waals surface area contributed by atoms with Crippen LogP contribution in [0.3, 0.4) is 0 Å². The number of anilines is 1. The van der Waals surface area contributed by atoms with Crippen molar-refractivity contribution in [1.29, 1.82) is 0 Å². The van der Waals surface area contributed by atoms with Gasteiger partial charge in [-0.1, -0.05) is 35.1 Å². The van der Waals surface area contributed by atoms with E-state index >= 15 is 0 Å². The number of hydrogen-bond donors (Lipinski definition) is 1. The van der Waals surface area contributed by atoms with Gasteiger partial charge in [-0.25, -0.2) is 4.98 Å². The van der Waals surface area contributed by atoms with E-state index in [4.69, 9.17) is 11.6 Å². The van der Waals surface area contributed by atoms with Gasteiger partial charge in [-0.2, -0.15) is 0 Å². The van der Waals surface area contributed by atoms with Crippen LogP contribution >= 0.6 is 34.3 Å². The van der Waals surface area contributed by atoms with Gasteiger partial charge in [0.2, 0.25) is 5.91 Å². The molecule has 1 N–H and O–H groups in total. The second kappa shape index (κ2) is 5.75. The van der Waals surface area contributed by atoms with Gasteiger partial charge >= 0.3 is 0 Å². The maximum Gasteiger partial charge on any atom is 0.231 e. The Bertz CT molecular complexity index is 783. The van der Waals surface area contributed by atoms with Crippen LogP contribution in [0.5, 0.6) is 0 Å². The summed E-state index contributed by atoms with van der Waals surface area (Å²) in [5.74, 6) is -0.0668. The van der Waals surface area contributed by atoms with Crippen LogP contribution < -0.4 is 5.32 Å². The predicted molar refractivity (Wildman–Crippen MR) is 90.8 cm³/mol. The predicted octanol–water partition coefficient (Wildman–Crippen LogP) is 4.81. The van der Waals surface area contributed by atoms with E-state index in [1.54, 1.807) is 6.07 Å². The molecule has 0 aliphatic heterocycles. The molecule has 0 bridgehead atoms. The molecule has 3 rings (SSSR count). The molecule has 0 radical (unpaired) electrons. The average Bonchev–Trinajstić information content (AvgIpc) is 3.01. The molecule has 0 aliphatic rings. The molecule has 1 amide bonds. The van der Waals surface area contributed by atoms with Gasteiger partial charge in [-0.15, -0.1) is 11.3 Å². The number of carbonyl (C=O) groups is 1. The van der Waals surface area contributed by atoms with Crippen LogP contribution in [0.25, 0.3) is 10.2 Å². The third kappa shape index (κ3) is 3.10. The molecule has 0 spiro atoms. The number of thiazole rings is 1. The maximum atomic E-state index is 12.1. The number of rotatable bonds is 3. The molecular weight excluding hydrogens is 324 g/mol. The summed E-state index contributed by atoms with van der Waals surface area (Å²) in [4.78, 5) is 17.5. The Morgan fingerprint density at radius 1 is 1.19 bits per heavy atom. The zero-order valence-electron chi connectivity index (χ0n) is 11.6. The fourth-order valence-electron chi connectivity index (χ4n) is 2.08. The third-order valence-electron chi connectivity index (χ3n) is 3.15. The Morgan fingerprint density at radius 3 is 2.62 bits per heavy atom. The highest BCUT2D eigenvalue weighted by molar-refractivity contribution is 7.22. The van der Waals surface area contributed by atoms with Gasteiger partial charge in [0.25, 0.3) is 0 Å². The summed E-state index contributed by atoms with van der Waals surface area (Å²) in [6.45, 7) is 4.08. The van der Waals surface area contributed by atoms with Crippen LogP contribution in [0, 0.1) is 13.8 Å². The Hall–Kier alpha value is -1.43. The lowest BCUT2D eigenvalue weighted by atomic mass is 10.1. The van der Waals surface area contributed by atoms with Crippen molar-refractivity contribution in [2.45, 2.75) is 20.3 Å². The van der Waals surface area contributed by atoms with Crippen LogP contribution in [0.4, 0.5) is 5.13 Å². The second-order valence-electron chi connectivity index (χ2n) is 4.83. The van der Waals surface area contributed by atoms with Crippen molar-refractivity contribution in [2.75, 3.05) is 5.32 Å². The summed E-state index contributed by atoms with van der Waals surface area (Å²) in [6, 6.07) is 7.81. The summed E-state index contributed by atoms with van der Waals surface area (Å²) >= 11 is 8.81. The number of carbonyl (C=O) groups excluding carboxylic acids is 1. The van der Waals surface area contributed by atoms with Gasteiger partial charge in [0.1, 0.15) is 0 Å². The zero-order valence-corrected chi connectivity index (χ0v) is 14.0. The fourth-order valence-corrected chi connectivity index (χ4v) is 4.19. The molecule has 6 heteroatoms. The van der Waals surface area contributed by atoms with Gasteiger partial charge in [0.05, 0.1) is 21.0 Å². The molecule has 21 heavy (non-hydrogen) atoms. The number of nitrogens with zero attached hydrogens (tertiary/aromatic N) is 1. The molecule has 1 aromatic carbocycles. The number of aryl methyl sites for hydroxylation is 2. The average molecular weight is 337 g/mol. The molecular formula is C15H13ClN2OS2. The first-order chi connectivity index (χ1) is 10.0. The molecule has 108 valence electrons. The smallest absolute Gasteiger partial charge is 0.231 e. The normalized spacial score (nSPS) is 11.0. The number of amides is 1. The van der Waals surface area contributed by atoms with Gasteiger partial charge in [0, 0.05) is 4.88 Å². The SMILES string of the molecule is Cc1ccc(C)c2sc(NC(=O)Cc3ccc(Cl)s3)nc12. The van der Waals surface area contributed by atoms with Crippen molar-refractivity contribution in [3.63, 3.8) is 0 Å². The highest BCUT2D eigenvalue weighted by atomic mass is 35.5. The summed E-state index contributed by atoms with van der Waals surface area (Å²) in [6.07, 6.45) is 0.325. The number of nitrogens with one attached hydrogen (secondary N) is 1. The minimum Gasteiger partial charge on any atom is -0.302 e.